The summed E-state index contributed by atoms with van der Waals surface area (Å²) >= 11 is 0. The van der Waals surface area contributed by atoms with E-state index in [1.165, 1.54) is 11.1 Å². The van der Waals surface area contributed by atoms with Gasteiger partial charge in [-0.2, -0.15) is 0 Å². The summed E-state index contributed by atoms with van der Waals surface area (Å²) in [6.07, 6.45) is 12.4. The van der Waals surface area contributed by atoms with E-state index < -0.39 is 0 Å². The average Bonchev–Trinajstić information content (AvgIpc) is 2.70. The lowest BCUT2D eigenvalue weighted by atomic mass is 9.84. The molecule has 0 aromatic heterocycles. The van der Waals surface area contributed by atoms with Gasteiger partial charge in [0, 0.05) is 37.3 Å². The lowest BCUT2D eigenvalue weighted by Crippen LogP contribution is -2.49. The Bertz CT molecular complexity index is 734. The van der Waals surface area contributed by atoms with E-state index in [1.807, 2.05) is 19.1 Å². The quantitative estimate of drug-likeness (QED) is 0.662. The van der Waals surface area contributed by atoms with Crippen LogP contribution in [-0.4, -0.2) is 34.8 Å². The van der Waals surface area contributed by atoms with Gasteiger partial charge >= 0.3 is 0 Å². The molecule has 0 radical (unpaired) electrons. The highest BCUT2D eigenvalue weighted by Gasteiger charge is 2.37. The predicted molar refractivity (Wildman–Crippen MR) is 112 cm³/mol. The van der Waals surface area contributed by atoms with E-state index in [0.29, 0.717) is 12.5 Å². The molecule has 1 aromatic carbocycles. The SMILES string of the molecule is C=C/C=C\C(=C/C)N(C(=O)CCC)C1CCN2CCc3ccccc3C2C1. The van der Waals surface area contributed by atoms with Crippen LogP contribution < -0.4 is 0 Å². The number of allylic oxidation sites excluding steroid dienone is 4. The molecular formula is C24H32N2O. The van der Waals surface area contributed by atoms with Crippen LogP contribution in [-0.2, 0) is 11.2 Å². The van der Waals surface area contributed by atoms with Gasteiger partial charge in [0.2, 0.25) is 5.91 Å². The van der Waals surface area contributed by atoms with E-state index in [2.05, 4.69) is 53.6 Å². The van der Waals surface area contributed by atoms with Gasteiger partial charge < -0.3 is 4.90 Å². The molecule has 0 aliphatic carbocycles. The van der Waals surface area contributed by atoms with Gasteiger partial charge in [-0.3, -0.25) is 9.69 Å². The van der Waals surface area contributed by atoms with E-state index >= 15 is 0 Å². The second kappa shape index (κ2) is 9.18. The Labute approximate surface area is 164 Å². The van der Waals surface area contributed by atoms with Crippen LogP contribution in [0.15, 0.2) is 60.8 Å². The van der Waals surface area contributed by atoms with Crippen molar-refractivity contribution >= 4 is 5.91 Å². The maximum Gasteiger partial charge on any atom is 0.227 e. The van der Waals surface area contributed by atoms with Crippen molar-refractivity contribution in [3.63, 3.8) is 0 Å². The second-order valence-electron chi connectivity index (χ2n) is 7.50. The standard InChI is InChI=1S/C24H32N2O/c1-4-7-12-20(6-3)26(24(27)10-5-2)21-15-17-25-16-14-19-11-8-9-13-22(19)23(25)18-21/h4,6-9,11-13,21,23H,1,5,10,14-18H2,2-3H3/b12-7-,20-6+. The van der Waals surface area contributed by atoms with Crippen molar-refractivity contribution in [2.45, 2.75) is 58.0 Å². The minimum atomic E-state index is 0.238. The van der Waals surface area contributed by atoms with Gasteiger partial charge in [-0.25, -0.2) is 0 Å². The molecule has 2 heterocycles. The van der Waals surface area contributed by atoms with Crippen LogP contribution in [0.1, 0.15) is 56.7 Å². The predicted octanol–water partition coefficient (Wildman–Crippen LogP) is 5.02. The first kappa shape index (κ1) is 19.6. The highest BCUT2D eigenvalue weighted by Crippen LogP contribution is 2.39. The van der Waals surface area contributed by atoms with Crippen molar-refractivity contribution in [3.8, 4) is 0 Å². The highest BCUT2D eigenvalue weighted by molar-refractivity contribution is 5.79. The Morgan fingerprint density at radius 3 is 2.89 bits per heavy atom. The third-order valence-corrected chi connectivity index (χ3v) is 5.84. The summed E-state index contributed by atoms with van der Waals surface area (Å²) in [6, 6.07) is 9.51. The zero-order valence-electron chi connectivity index (χ0n) is 16.7. The summed E-state index contributed by atoms with van der Waals surface area (Å²) in [5, 5.41) is 0. The Balaban J connectivity index is 1.89. The second-order valence-corrected chi connectivity index (χ2v) is 7.50. The van der Waals surface area contributed by atoms with Crippen molar-refractivity contribution in [2.24, 2.45) is 0 Å². The Hall–Kier alpha value is -2.13. The van der Waals surface area contributed by atoms with Gasteiger partial charge in [-0.05, 0) is 49.8 Å². The lowest BCUT2D eigenvalue weighted by Gasteiger charge is -2.46. The smallest absolute Gasteiger partial charge is 0.227 e. The molecule has 1 fully saturated rings. The fourth-order valence-corrected chi connectivity index (χ4v) is 4.55. The minimum absolute atomic E-state index is 0.238. The number of benzene rings is 1. The van der Waals surface area contributed by atoms with Crippen molar-refractivity contribution in [3.05, 3.63) is 72.0 Å². The Morgan fingerprint density at radius 1 is 1.33 bits per heavy atom. The first-order chi connectivity index (χ1) is 13.2. The fraction of sp³-hybridized carbons (Fsp3) is 0.458. The van der Waals surface area contributed by atoms with Crippen LogP contribution >= 0.6 is 0 Å². The fourth-order valence-electron chi connectivity index (χ4n) is 4.55. The number of hydrogen-bond donors (Lipinski definition) is 0. The van der Waals surface area contributed by atoms with E-state index in [0.717, 1.165) is 44.5 Å². The third-order valence-electron chi connectivity index (χ3n) is 5.84. The van der Waals surface area contributed by atoms with Crippen molar-refractivity contribution < 1.29 is 4.79 Å². The van der Waals surface area contributed by atoms with Crippen LogP contribution in [0.4, 0.5) is 0 Å². The van der Waals surface area contributed by atoms with Crippen molar-refractivity contribution in [1.82, 2.24) is 9.80 Å². The molecule has 0 saturated carbocycles. The van der Waals surface area contributed by atoms with Crippen LogP contribution in [0.2, 0.25) is 0 Å². The summed E-state index contributed by atoms with van der Waals surface area (Å²) in [7, 11) is 0. The monoisotopic (exact) mass is 364 g/mol. The van der Waals surface area contributed by atoms with Gasteiger partial charge in [0.1, 0.15) is 0 Å². The summed E-state index contributed by atoms with van der Waals surface area (Å²) in [5.41, 5.74) is 3.93. The highest BCUT2D eigenvalue weighted by atomic mass is 16.2. The van der Waals surface area contributed by atoms with Crippen molar-refractivity contribution in [2.75, 3.05) is 13.1 Å². The molecule has 2 aliphatic rings. The molecule has 0 spiro atoms. The first-order valence-corrected chi connectivity index (χ1v) is 10.3. The Morgan fingerprint density at radius 2 is 2.15 bits per heavy atom. The maximum atomic E-state index is 13.0. The maximum absolute atomic E-state index is 13.0. The molecule has 2 aliphatic heterocycles. The number of nitrogens with zero attached hydrogens (tertiary/aromatic N) is 2. The third kappa shape index (κ3) is 4.24. The molecule has 1 aromatic rings. The van der Waals surface area contributed by atoms with E-state index in [-0.39, 0.29) is 11.9 Å². The van der Waals surface area contributed by atoms with E-state index in [1.54, 1.807) is 6.08 Å². The number of carbonyl (C=O) groups excluding carboxylic acids is 1. The van der Waals surface area contributed by atoms with Gasteiger partial charge in [0.05, 0.1) is 0 Å². The molecule has 2 unspecified atom stereocenters. The molecule has 3 heteroatoms. The molecule has 27 heavy (non-hydrogen) atoms. The average molecular weight is 365 g/mol. The normalized spacial score (nSPS) is 23.0. The Kier molecular flexibility index (Phi) is 6.68. The van der Waals surface area contributed by atoms with E-state index in [9.17, 15) is 4.79 Å². The van der Waals surface area contributed by atoms with Crippen LogP contribution in [0, 0.1) is 0 Å². The largest absolute Gasteiger partial charge is 0.310 e. The zero-order valence-corrected chi connectivity index (χ0v) is 16.7. The molecule has 1 amide bonds. The number of hydrogen-bond acceptors (Lipinski definition) is 2. The summed E-state index contributed by atoms with van der Waals surface area (Å²) in [5.74, 6) is 0.238. The molecule has 1 saturated heterocycles. The van der Waals surface area contributed by atoms with Crippen LogP contribution in [0.25, 0.3) is 0 Å². The molecule has 3 rings (SSSR count). The van der Waals surface area contributed by atoms with Crippen LogP contribution in [0.3, 0.4) is 0 Å². The summed E-state index contributed by atoms with van der Waals surface area (Å²) in [4.78, 5) is 17.7. The molecular weight excluding hydrogens is 332 g/mol. The van der Waals surface area contributed by atoms with Gasteiger partial charge in [0.15, 0.2) is 0 Å². The molecule has 0 N–H and O–H groups in total. The van der Waals surface area contributed by atoms with Gasteiger partial charge in [0.25, 0.3) is 0 Å². The first-order valence-electron chi connectivity index (χ1n) is 10.3. The number of amides is 1. The van der Waals surface area contributed by atoms with Gasteiger partial charge in [-0.15, -0.1) is 0 Å². The molecule has 0 bridgehead atoms. The molecule has 2 atom stereocenters. The topological polar surface area (TPSA) is 23.6 Å². The molecule has 144 valence electrons. The summed E-state index contributed by atoms with van der Waals surface area (Å²) in [6.45, 7) is 10.0. The van der Waals surface area contributed by atoms with E-state index in [4.69, 9.17) is 0 Å². The van der Waals surface area contributed by atoms with Crippen molar-refractivity contribution in [1.29, 1.82) is 0 Å². The molecule has 3 nitrogen and oxygen atoms in total. The number of rotatable bonds is 6. The number of piperidine rings is 1. The van der Waals surface area contributed by atoms with Crippen LogP contribution in [0.5, 0.6) is 0 Å². The zero-order chi connectivity index (χ0) is 19.2. The minimum Gasteiger partial charge on any atom is -0.310 e. The lowest BCUT2D eigenvalue weighted by molar-refractivity contribution is -0.132. The number of fused-ring (bicyclic) bond motifs is 3. The van der Waals surface area contributed by atoms with Gasteiger partial charge in [-0.1, -0.05) is 56.0 Å². The summed E-state index contributed by atoms with van der Waals surface area (Å²) < 4.78 is 0. The number of carbonyl (C=O) groups is 1.